The first-order valence-corrected chi connectivity index (χ1v) is 4.39. The third kappa shape index (κ3) is 1.24. The zero-order valence-electron chi connectivity index (χ0n) is 7.57. The molecule has 68 valence electrons. The highest BCUT2D eigenvalue weighted by Gasteiger charge is 2.06. The van der Waals surface area contributed by atoms with Crippen LogP contribution in [-0.4, -0.2) is 14.4 Å². The van der Waals surface area contributed by atoms with Crippen molar-refractivity contribution >= 4 is 11.5 Å². The maximum Gasteiger partial charge on any atom is 0.157 e. The third-order valence-electron chi connectivity index (χ3n) is 2.03. The molecule has 0 atom stereocenters. The molecule has 0 aliphatic rings. The predicted molar refractivity (Wildman–Crippen MR) is 51.4 cm³/mol. The van der Waals surface area contributed by atoms with Crippen molar-refractivity contribution in [2.75, 3.05) is 5.73 Å². The molecule has 0 aliphatic heterocycles. The van der Waals surface area contributed by atoms with E-state index in [1.54, 1.807) is 12.4 Å². The number of nitrogen functional groups attached to an aromatic ring is 1. The first-order valence-electron chi connectivity index (χ1n) is 4.39. The van der Waals surface area contributed by atoms with Crippen molar-refractivity contribution in [1.82, 2.24) is 14.4 Å². The van der Waals surface area contributed by atoms with E-state index >= 15 is 0 Å². The van der Waals surface area contributed by atoms with Crippen LogP contribution in [0.25, 0.3) is 5.65 Å². The maximum absolute atomic E-state index is 5.90. The molecule has 0 fully saturated rings. The van der Waals surface area contributed by atoms with Crippen molar-refractivity contribution in [3.63, 3.8) is 0 Å². The van der Waals surface area contributed by atoms with Gasteiger partial charge in [0.15, 0.2) is 5.65 Å². The van der Waals surface area contributed by atoms with Crippen molar-refractivity contribution in [2.24, 2.45) is 0 Å². The molecule has 0 unspecified atom stereocenters. The molecule has 0 saturated heterocycles. The Labute approximate surface area is 76.4 Å². The largest absolute Gasteiger partial charge is 0.383 e. The number of fused-ring (bicyclic) bond motifs is 1. The number of hydrogen-bond acceptors (Lipinski definition) is 3. The van der Waals surface area contributed by atoms with Gasteiger partial charge in [0.05, 0.1) is 11.9 Å². The molecule has 4 nitrogen and oxygen atoms in total. The Morgan fingerprint density at radius 2 is 2.38 bits per heavy atom. The highest BCUT2D eigenvalue weighted by atomic mass is 15.1. The molecular formula is C9H12N4. The number of rotatable bonds is 2. The molecule has 2 rings (SSSR count). The molecule has 0 radical (unpaired) electrons. The Kier molecular flexibility index (Phi) is 1.88. The molecule has 4 heteroatoms. The van der Waals surface area contributed by atoms with E-state index in [0.29, 0.717) is 0 Å². The first kappa shape index (κ1) is 8.04. The van der Waals surface area contributed by atoms with Crippen molar-refractivity contribution in [3.05, 3.63) is 24.3 Å². The molecular weight excluding hydrogens is 164 g/mol. The van der Waals surface area contributed by atoms with Crippen molar-refractivity contribution < 1.29 is 0 Å². The zero-order valence-corrected chi connectivity index (χ0v) is 7.57. The van der Waals surface area contributed by atoms with Crippen LogP contribution in [0, 0.1) is 0 Å². The van der Waals surface area contributed by atoms with Gasteiger partial charge >= 0.3 is 0 Å². The second kappa shape index (κ2) is 3.05. The minimum absolute atomic E-state index is 0.735. The summed E-state index contributed by atoms with van der Waals surface area (Å²) in [6, 6.07) is 0. The molecule has 0 saturated carbocycles. The molecule has 2 heterocycles. The zero-order chi connectivity index (χ0) is 9.26. The normalized spacial score (nSPS) is 10.8. The Morgan fingerprint density at radius 3 is 3.08 bits per heavy atom. The average molecular weight is 176 g/mol. The Balaban J connectivity index is 2.60. The van der Waals surface area contributed by atoms with Crippen LogP contribution in [0.5, 0.6) is 0 Å². The summed E-state index contributed by atoms with van der Waals surface area (Å²) in [5, 5.41) is 0. The number of aromatic nitrogens is 3. The smallest absolute Gasteiger partial charge is 0.157 e. The van der Waals surface area contributed by atoms with Gasteiger partial charge in [-0.15, -0.1) is 0 Å². The third-order valence-corrected chi connectivity index (χ3v) is 2.03. The topological polar surface area (TPSA) is 56.2 Å². The fourth-order valence-electron chi connectivity index (χ4n) is 1.40. The predicted octanol–water partition coefficient (Wildman–Crippen LogP) is 1.26. The van der Waals surface area contributed by atoms with Crippen LogP contribution in [0.2, 0.25) is 0 Å². The fraction of sp³-hybridized carbons (Fsp3) is 0.333. The highest BCUT2D eigenvalue weighted by molar-refractivity contribution is 5.51. The van der Waals surface area contributed by atoms with Crippen molar-refractivity contribution in [1.29, 1.82) is 0 Å². The van der Waals surface area contributed by atoms with Crippen LogP contribution in [0.3, 0.4) is 0 Å². The SMILES string of the molecule is CCCc1nc2cnccn2c1N. The van der Waals surface area contributed by atoms with Gasteiger partial charge < -0.3 is 5.73 Å². The highest BCUT2D eigenvalue weighted by Crippen LogP contribution is 2.14. The van der Waals surface area contributed by atoms with E-state index in [9.17, 15) is 0 Å². The molecule has 0 spiro atoms. The Hall–Kier alpha value is -1.58. The fourth-order valence-corrected chi connectivity index (χ4v) is 1.40. The van der Waals surface area contributed by atoms with Gasteiger partial charge in [0, 0.05) is 12.4 Å². The van der Waals surface area contributed by atoms with Gasteiger partial charge in [0.1, 0.15) is 5.82 Å². The first-order chi connectivity index (χ1) is 6.33. The lowest BCUT2D eigenvalue weighted by atomic mass is 10.2. The summed E-state index contributed by atoms with van der Waals surface area (Å²) in [5.41, 5.74) is 7.69. The summed E-state index contributed by atoms with van der Waals surface area (Å²) >= 11 is 0. The van der Waals surface area contributed by atoms with Crippen LogP contribution < -0.4 is 5.73 Å². The van der Waals surface area contributed by atoms with Gasteiger partial charge in [-0.05, 0) is 6.42 Å². The molecule has 0 aliphatic carbocycles. The monoisotopic (exact) mass is 176 g/mol. The van der Waals surface area contributed by atoms with E-state index in [0.717, 1.165) is 30.0 Å². The number of hydrogen-bond donors (Lipinski definition) is 1. The molecule has 2 aromatic heterocycles. The van der Waals surface area contributed by atoms with E-state index in [4.69, 9.17) is 5.73 Å². The lowest BCUT2D eigenvalue weighted by Gasteiger charge is -1.95. The number of imidazole rings is 1. The number of nitrogens with zero attached hydrogens (tertiary/aromatic N) is 3. The van der Waals surface area contributed by atoms with E-state index in [2.05, 4.69) is 16.9 Å². The molecule has 0 amide bonds. The van der Waals surface area contributed by atoms with Crippen LogP contribution in [0.15, 0.2) is 18.6 Å². The van der Waals surface area contributed by atoms with Crippen LogP contribution in [-0.2, 0) is 6.42 Å². The van der Waals surface area contributed by atoms with E-state index in [-0.39, 0.29) is 0 Å². The van der Waals surface area contributed by atoms with Gasteiger partial charge in [-0.2, -0.15) is 0 Å². The summed E-state index contributed by atoms with van der Waals surface area (Å²) in [4.78, 5) is 8.37. The molecule has 2 N–H and O–H groups in total. The second-order valence-corrected chi connectivity index (χ2v) is 3.00. The standard InChI is InChI=1S/C9H12N4/c1-2-3-7-9(10)13-5-4-11-6-8(13)12-7/h4-6H,2-3,10H2,1H3. The summed E-state index contributed by atoms with van der Waals surface area (Å²) < 4.78 is 1.86. The Morgan fingerprint density at radius 1 is 1.54 bits per heavy atom. The van der Waals surface area contributed by atoms with Gasteiger partial charge in [-0.3, -0.25) is 9.38 Å². The summed E-state index contributed by atoms with van der Waals surface area (Å²) in [7, 11) is 0. The van der Waals surface area contributed by atoms with Crippen molar-refractivity contribution in [3.8, 4) is 0 Å². The average Bonchev–Trinajstić information content (AvgIpc) is 2.46. The minimum atomic E-state index is 0.735. The molecule has 0 aromatic carbocycles. The second-order valence-electron chi connectivity index (χ2n) is 3.00. The summed E-state index contributed by atoms with van der Waals surface area (Å²) in [6.07, 6.45) is 7.24. The van der Waals surface area contributed by atoms with Gasteiger partial charge in [-0.25, -0.2) is 4.98 Å². The molecule has 13 heavy (non-hydrogen) atoms. The number of anilines is 1. The van der Waals surface area contributed by atoms with Gasteiger partial charge in [0.2, 0.25) is 0 Å². The number of nitrogens with two attached hydrogens (primary N) is 1. The van der Waals surface area contributed by atoms with Gasteiger partial charge in [0.25, 0.3) is 0 Å². The number of aryl methyl sites for hydroxylation is 1. The lowest BCUT2D eigenvalue weighted by molar-refractivity contribution is 0.897. The summed E-state index contributed by atoms with van der Waals surface area (Å²) in [5.74, 6) is 0.735. The molecule has 0 bridgehead atoms. The van der Waals surface area contributed by atoms with Crippen LogP contribution >= 0.6 is 0 Å². The van der Waals surface area contributed by atoms with Crippen LogP contribution in [0.4, 0.5) is 5.82 Å². The minimum Gasteiger partial charge on any atom is -0.383 e. The van der Waals surface area contributed by atoms with E-state index in [1.807, 2.05) is 10.6 Å². The lowest BCUT2D eigenvalue weighted by Crippen LogP contribution is -1.95. The van der Waals surface area contributed by atoms with E-state index in [1.165, 1.54) is 0 Å². The maximum atomic E-state index is 5.90. The molecule has 2 aromatic rings. The van der Waals surface area contributed by atoms with Gasteiger partial charge in [-0.1, -0.05) is 13.3 Å². The Bertz CT molecular complexity index is 418. The van der Waals surface area contributed by atoms with Crippen LogP contribution in [0.1, 0.15) is 19.0 Å². The summed E-state index contributed by atoms with van der Waals surface area (Å²) in [6.45, 7) is 2.11. The van der Waals surface area contributed by atoms with E-state index < -0.39 is 0 Å². The quantitative estimate of drug-likeness (QED) is 0.749. The van der Waals surface area contributed by atoms with Crippen molar-refractivity contribution in [2.45, 2.75) is 19.8 Å².